The van der Waals surface area contributed by atoms with E-state index in [4.69, 9.17) is 16.4 Å². The summed E-state index contributed by atoms with van der Waals surface area (Å²) in [7, 11) is 1.79. The van der Waals surface area contributed by atoms with E-state index in [-0.39, 0.29) is 27.7 Å². The molecule has 1 aliphatic heterocycles. The molecule has 3 heteroatoms. The monoisotopic (exact) mass is 600 g/mol. The van der Waals surface area contributed by atoms with Gasteiger partial charge in [-0.05, 0) is 77.2 Å². The van der Waals surface area contributed by atoms with Crippen LogP contribution in [0.15, 0.2) is 79.0 Å². The van der Waals surface area contributed by atoms with E-state index in [1.165, 1.54) is 6.07 Å². The van der Waals surface area contributed by atoms with Crippen molar-refractivity contribution in [3.63, 3.8) is 0 Å². The van der Waals surface area contributed by atoms with Gasteiger partial charge in [0.25, 0.3) is 0 Å². The molecule has 0 unspecified atom stereocenters. The second-order valence-corrected chi connectivity index (χ2v) is 14.0. The van der Waals surface area contributed by atoms with Crippen molar-refractivity contribution in [2.45, 2.75) is 75.4 Å². The lowest BCUT2D eigenvalue weighted by Gasteiger charge is -2.34. The van der Waals surface area contributed by atoms with Crippen molar-refractivity contribution in [1.82, 2.24) is 0 Å². The zero-order chi connectivity index (χ0) is 42.4. The molecule has 0 saturated heterocycles. The lowest BCUT2D eigenvalue weighted by atomic mass is 9.20. The highest BCUT2D eigenvalue weighted by Gasteiger charge is 2.40. The number of aryl methyl sites for hydroxylation is 6. The zero-order valence-corrected chi connectivity index (χ0v) is 27.3. The Kier molecular flexibility index (Phi) is 5.02. The summed E-state index contributed by atoms with van der Waals surface area (Å²) < 4.78 is 104. The Morgan fingerprint density at radius 2 is 1.20 bits per heavy atom. The summed E-state index contributed by atoms with van der Waals surface area (Å²) in [5, 5.41) is 0. The Morgan fingerprint density at radius 1 is 0.644 bits per heavy atom. The van der Waals surface area contributed by atoms with Gasteiger partial charge in [-0.15, -0.1) is 0 Å². The predicted molar refractivity (Wildman–Crippen MR) is 198 cm³/mol. The maximum absolute atomic E-state index is 9.04. The minimum atomic E-state index is -2.62. The van der Waals surface area contributed by atoms with E-state index in [9.17, 15) is 0 Å². The standard InChI is InChI=1S/C42H48B2N/c1-26-20-27(2)40(28(3)21-26)43-35-16-12-14-18-37(35)44(38-19-15-13-17-36(38)43)41-29(4)22-34(31(6)32(41)7)39-23-33(24-42(8,9)10)30(5)25-45(39)11/h12-23,25H,24H2,1-11H3/q+1/i1D3,2D3,5D3,7D3. The fraction of sp³-hybridized carbons (Fsp3) is 0.310. The molecule has 0 saturated carbocycles. The van der Waals surface area contributed by atoms with E-state index in [0.29, 0.717) is 45.3 Å². The van der Waals surface area contributed by atoms with Crippen LogP contribution in [0.25, 0.3) is 11.3 Å². The van der Waals surface area contributed by atoms with E-state index in [2.05, 4.69) is 20.8 Å². The molecule has 1 aliphatic rings. The number of rotatable bonds is 4. The van der Waals surface area contributed by atoms with Crippen LogP contribution in [0.5, 0.6) is 0 Å². The van der Waals surface area contributed by atoms with Crippen molar-refractivity contribution >= 4 is 46.2 Å². The minimum absolute atomic E-state index is 0.0237. The smallest absolute Gasteiger partial charge is 0.201 e. The molecule has 0 amide bonds. The fourth-order valence-corrected chi connectivity index (χ4v) is 7.46. The number of fused-ring (bicyclic) bond motifs is 2. The summed E-state index contributed by atoms with van der Waals surface area (Å²) in [6.45, 7) is 0.529. The second kappa shape index (κ2) is 11.5. The van der Waals surface area contributed by atoms with Crippen LogP contribution in [-0.4, -0.2) is 13.4 Å². The van der Waals surface area contributed by atoms with Crippen molar-refractivity contribution < 1.29 is 21.0 Å². The van der Waals surface area contributed by atoms with Crippen LogP contribution in [0.3, 0.4) is 0 Å². The van der Waals surface area contributed by atoms with Crippen molar-refractivity contribution in [3.8, 4) is 11.3 Å². The normalized spacial score (nSPS) is 17.8. The topological polar surface area (TPSA) is 3.88 Å². The highest BCUT2D eigenvalue weighted by Crippen LogP contribution is 2.29. The maximum Gasteiger partial charge on any atom is 0.240 e. The van der Waals surface area contributed by atoms with Gasteiger partial charge in [-0.1, -0.05) is 142 Å². The van der Waals surface area contributed by atoms with Crippen LogP contribution in [0.1, 0.15) is 81.7 Å². The number of hydrogen-bond donors (Lipinski definition) is 0. The molecule has 1 nitrogen and oxygen atoms in total. The molecule has 0 radical (unpaired) electrons. The molecule has 226 valence electrons. The van der Waals surface area contributed by atoms with Gasteiger partial charge < -0.3 is 0 Å². The van der Waals surface area contributed by atoms with Gasteiger partial charge in [0.2, 0.25) is 19.1 Å². The first-order chi connectivity index (χ1) is 26.1. The van der Waals surface area contributed by atoms with Crippen molar-refractivity contribution in [2.75, 3.05) is 0 Å². The van der Waals surface area contributed by atoms with Gasteiger partial charge in [-0.25, -0.2) is 4.57 Å². The Labute approximate surface area is 289 Å². The Bertz CT molecular complexity index is 2330. The van der Waals surface area contributed by atoms with Gasteiger partial charge in [0.15, 0.2) is 6.20 Å². The van der Waals surface area contributed by atoms with Gasteiger partial charge >= 0.3 is 0 Å². The minimum Gasteiger partial charge on any atom is -0.201 e. The van der Waals surface area contributed by atoms with E-state index in [1.807, 2.05) is 74.5 Å². The highest BCUT2D eigenvalue weighted by atomic mass is 14.9. The molecule has 45 heavy (non-hydrogen) atoms. The van der Waals surface area contributed by atoms with E-state index in [0.717, 1.165) is 27.4 Å². The third-order valence-electron chi connectivity index (χ3n) is 9.39. The fourth-order valence-electron chi connectivity index (χ4n) is 7.46. The van der Waals surface area contributed by atoms with Crippen LogP contribution >= 0.6 is 0 Å². The molecule has 0 spiro atoms. The Hall–Kier alpha value is -3.84. The first kappa shape index (κ1) is 19.6. The average Bonchev–Trinajstić information content (AvgIpc) is 3.06. The first-order valence-corrected chi connectivity index (χ1v) is 15.6. The van der Waals surface area contributed by atoms with Gasteiger partial charge in [0.1, 0.15) is 7.05 Å². The molecule has 0 bridgehead atoms. The van der Waals surface area contributed by atoms with E-state index < -0.39 is 40.8 Å². The van der Waals surface area contributed by atoms with Crippen LogP contribution in [0.2, 0.25) is 0 Å². The van der Waals surface area contributed by atoms with E-state index in [1.54, 1.807) is 30.8 Å². The quantitative estimate of drug-likeness (QED) is 0.192. The van der Waals surface area contributed by atoms with Crippen LogP contribution in [0.4, 0.5) is 0 Å². The molecule has 6 rings (SSSR count). The molecule has 0 aliphatic carbocycles. The largest absolute Gasteiger partial charge is 0.240 e. The van der Waals surface area contributed by atoms with Crippen molar-refractivity contribution in [1.29, 1.82) is 0 Å². The number of pyridine rings is 1. The number of benzene rings is 4. The second-order valence-electron chi connectivity index (χ2n) is 14.0. The SMILES string of the molecule is [2H]C([2H])([2H])c1cc(C)c(B2c3ccccc3B(c3c(C)cc(-c4cc(CC(C)(C)C)c(C([2H])([2H])[2H])c[n+]4C)c(C)c3C([2H])([2H])[2H])c3ccccc32)c(C([2H])([2H])[2H])c1. The predicted octanol–water partition coefficient (Wildman–Crippen LogP) is 5.27. The molecule has 1 aromatic heterocycles. The molecule has 0 atom stereocenters. The van der Waals surface area contributed by atoms with Crippen molar-refractivity contribution in [2.24, 2.45) is 12.5 Å². The molecular weight excluding hydrogens is 540 g/mol. The number of nitrogens with zero attached hydrogens (tertiary/aromatic N) is 1. The molecule has 4 aromatic carbocycles. The third-order valence-corrected chi connectivity index (χ3v) is 9.39. The Balaban J connectivity index is 1.66. The average molecular weight is 601 g/mol. The molecular formula is C42H48B2N+. The number of hydrogen-bond acceptors (Lipinski definition) is 0. The van der Waals surface area contributed by atoms with Crippen LogP contribution in [-0.2, 0) is 13.5 Å². The van der Waals surface area contributed by atoms with Gasteiger partial charge in [0.05, 0.1) is 0 Å². The molecule has 0 fully saturated rings. The van der Waals surface area contributed by atoms with Gasteiger partial charge in [-0.3, -0.25) is 0 Å². The third kappa shape index (κ3) is 5.50. The summed E-state index contributed by atoms with van der Waals surface area (Å²) in [4.78, 5) is 0. The zero-order valence-electron chi connectivity index (χ0n) is 39.3. The lowest BCUT2D eigenvalue weighted by Crippen LogP contribution is -2.75. The molecule has 5 aromatic rings. The highest BCUT2D eigenvalue weighted by molar-refractivity contribution is 7.11. The summed E-state index contributed by atoms with van der Waals surface area (Å²) >= 11 is 0. The summed E-state index contributed by atoms with van der Waals surface area (Å²) in [5.41, 5.74) is 8.58. The summed E-state index contributed by atoms with van der Waals surface area (Å²) in [6, 6.07) is 22.2. The summed E-state index contributed by atoms with van der Waals surface area (Å²) in [5.74, 6) is 0. The van der Waals surface area contributed by atoms with Gasteiger partial charge in [-0.2, -0.15) is 0 Å². The Morgan fingerprint density at radius 3 is 1.73 bits per heavy atom. The van der Waals surface area contributed by atoms with E-state index >= 15 is 0 Å². The summed E-state index contributed by atoms with van der Waals surface area (Å²) in [6.07, 6.45) is 2.16. The lowest BCUT2D eigenvalue weighted by molar-refractivity contribution is -0.660. The van der Waals surface area contributed by atoms with Crippen molar-refractivity contribution in [3.05, 3.63) is 124 Å². The van der Waals surface area contributed by atoms with Crippen LogP contribution < -0.4 is 37.3 Å². The molecule has 2 heterocycles. The number of aromatic nitrogens is 1. The van der Waals surface area contributed by atoms with Crippen LogP contribution in [0, 0.1) is 53.6 Å². The molecule has 0 N–H and O–H groups in total. The first-order valence-electron chi connectivity index (χ1n) is 21.6. The maximum atomic E-state index is 9.04. The van der Waals surface area contributed by atoms with Gasteiger partial charge in [0, 0.05) is 33.6 Å².